The van der Waals surface area contributed by atoms with Crippen molar-refractivity contribution in [2.75, 3.05) is 18.6 Å². The predicted octanol–water partition coefficient (Wildman–Crippen LogP) is 2.59. The Morgan fingerprint density at radius 2 is 2.00 bits per heavy atom. The van der Waals surface area contributed by atoms with E-state index in [0.29, 0.717) is 6.04 Å². The first-order valence-electron chi connectivity index (χ1n) is 7.08. The quantitative estimate of drug-likeness (QED) is 0.722. The number of methoxy groups -OCH3 is 1. The molecule has 1 atom stereocenters. The van der Waals surface area contributed by atoms with Gasteiger partial charge in [0.1, 0.15) is 5.54 Å². The number of rotatable bonds is 7. The molecule has 2 fully saturated rings. The maximum atomic E-state index is 11.9. The van der Waals surface area contributed by atoms with Crippen LogP contribution in [0.1, 0.15) is 45.4 Å². The number of carbonyl (C=O) groups excluding carboxylic acids is 1. The van der Waals surface area contributed by atoms with Crippen molar-refractivity contribution >= 4 is 17.7 Å². The Bertz CT molecular complexity index is 288. The minimum Gasteiger partial charge on any atom is -0.468 e. The molecule has 0 radical (unpaired) electrons. The number of carbonyl (C=O) groups is 1. The summed E-state index contributed by atoms with van der Waals surface area (Å²) in [5.74, 6) is 2.78. The van der Waals surface area contributed by atoms with Crippen molar-refractivity contribution < 1.29 is 9.53 Å². The zero-order valence-electron chi connectivity index (χ0n) is 11.5. The average Bonchev–Trinajstić information content (AvgIpc) is 3.01. The highest BCUT2D eigenvalue weighted by Gasteiger charge is 2.39. The molecule has 1 N–H and O–H groups in total. The van der Waals surface area contributed by atoms with E-state index in [2.05, 4.69) is 5.32 Å². The highest BCUT2D eigenvalue weighted by molar-refractivity contribution is 7.99. The Balaban J connectivity index is 1.78. The summed E-state index contributed by atoms with van der Waals surface area (Å²) in [6.07, 6.45) is 7.91. The first-order valence-corrected chi connectivity index (χ1v) is 8.23. The molecule has 0 aromatic rings. The van der Waals surface area contributed by atoms with Gasteiger partial charge in [-0.05, 0) is 44.3 Å². The number of esters is 1. The molecule has 2 saturated carbocycles. The van der Waals surface area contributed by atoms with Crippen LogP contribution in [0.4, 0.5) is 0 Å². The van der Waals surface area contributed by atoms with Crippen LogP contribution in [0.15, 0.2) is 0 Å². The van der Waals surface area contributed by atoms with Gasteiger partial charge in [-0.2, -0.15) is 11.8 Å². The van der Waals surface area contributed by atoms with Crippen molar-refractivity contribution in [3.05, 3.63) is 0 Å². The lowest BCUT2D eigenvalue weighted by molar-refractivity contribution is -0.147. The van der Waals surface area contributed by atoms with E-state index in [1.165, 1.54) is 51.4 Å². The summed E-state index contributed by atoms with van der Waals surface area (Å²) < 4.78 is 4.95. The van der Waals surface area contributed by atoms with Gasteiger partial charge in [0, 0.05) is 11.8 Å². The number of thioether (sulfide) groups is 1. The maximum Gasteiger partial charge on any atom is 0.326 e. The Morgan fingerprint density at radius 1 is 1.33 bits per heavy atom. The fourth-order valence-corrected chi connectivity index (χ4v) is 4.06. The number of hydrogen-bond donors (Lipinski definition) is 1. The molecular weight excluding hydrogens is 246 g/mol. The monoisotopic (exact) mass is 271 g/mol. The molecule has 2 rings (SSSR count). The van der Waals surface area contributed by atoms with Gasteiger partial charge in [-0.3, -0.25) is 10.1 Å². The van der Waals surface area contributed by atoms with Crippen LogP contribution in [0.5, 0.6) is 0 Å². The SMILES string of the molecule is COC(=O)C(C)(CSCC1CCCC1)NC1CC1. The molecule has 2 aliphatic carbocycles. The van der Waals surface area contributed by atoms with Gasteiger partial charge in [0.2, 0.25) is 0 Å². The molecule has 0 aromatic heterocycles. The third-order valence-corrected chi connectivity index (χ3v) is 5.44. The van der Waals surface area contributed by atoms with Gasteiger partial charge in [0.15, 0.2) is 0 Å². The van der Waals surface area contributed by atoms with Crippen LogP contribution in [-0.4, -0.2) is 36.2 Å². The first kappa shape index (κ1) is 14.2. The van der Waals surface area contributed by atoms with E-state index < -0.39 is 5.54 Å². The van der Waals surface area contributed by atoms with Crippen LogP contribution in [-0.2, 0) is 9.53 Å². The largest absolute Gasteiger partial charge is 0.468 e. The van der Waals surface area contributed by atoms with Gasteiger partial charge in [-0.1, -0.05) is 12.8 Å². The second-order valence-corrected chi connectivity index (χ2v) is 6.94. The molecule has 0 heterocycles. The van der Waals surface area contributed by atoms with E-state index in [4.69, 9.17) is 4.74 Å². The molecule has 0 amide bonds. The molecule has 4 heteroatoms. The minimum absolute atomic E-state index is 0.117. The molecule has 0 bridgehead atoms. The van der Waals surface area contributed by atoms with Crippen LogP contribution in [0.25, 0.3) is 0 Å². The van der Waals surface area contributed by atoms with Crippen molar-refractivity contribution in [1.29, 1.82) is 0 Å². The van der Waals surface area contributed by atoms with Crippen molar-refractivity contribution in [1.82, 2.24) is 5.32 Å². The average molecular weight is 271 g/mol. The predicted molar refractivity (Wildman–Crippen MR) is 75.9 cm³/mol. The first-order chi connectivity index (χ1) is 8.64. The zero-order valence-corrected chi connectivity index (χ0v) is 12.4. The zero-order chi connectivity index (χ0) is 13.0. The Labute approximate surface area is 114 Å². The molecule has 3 nitrogen and oxygen atoms in total. The van der Waals surface area contributed by atoms with Crippen LogP contribution >= 0.6 is 11.8 Å². The van der Waals surface area contributed by atoms with Crippen molar-refractivity contribution in [3.8, 4) is 0 Å². The Kier molecular flexibility index (Phi) is 4.96. The number of nitrogens with one attached hydrogen (secondary N) is 1. The highest BCUT2D eigenvalue weighted by atomic mass is 32.2. The second-order valence-electron chi connectivity index (χ2n) is 5.91. The molecular formula is C14H25NO2S. The van der Waals surface area contributed by atoms with Crippen LogP contribution < -0.4 is 5.32 Å². The molecule has 0 saturated heterocycles. The number of ether oxygens (including phenoxy) is 1. The second kappa shape index (κ2) is 6.29. The van der Waals surface area contributed by atoms with Gasteiger partial charge in [0.25, 0.3) is 0 Å². The lowest BCUT2D eigenvalue weighted by Crippen LogP contribution is -2.53. The van der Waals surface area contributed by atoms with E-state index in [-0.39, 0.29) is 5.97 Å². The summed E-state index contributed by atoms with van der Waals surface area (Å²) in [5.41, 5.74) is -0.501. The van der Waals surface area contributed by atoms with E-state index in [9.17, 15) is 4.79 Å². The van der Waals surface area contributed by atoms with E-state index in [1.54, 1.807) is 0 Å². The van der Waals surface area contributed by atoms with Crippen molar-refractivity contribution in [2.45, 2.75) is 57.0 Å². The third-order valence-electron chi connectivity index (χ3n) is 3.95. The normalized spacial score (nSPS) is 23.9. The van der Waals surface area contributed by atoms with Crippen molar-refractivity contribution in [3.63, 3.8) is 0 Å². The summed E-state index contributed by atoms with van der Waals surface area (Å²) in [4.78, 5) is 11.9. The van der Waals surface area contributed by atoms with Gasteiger partial charge >= 0.3 is 5.97 Å². The molecule has 0 spiro atoms. The summed E-state index contributed by atoms with van der Waals surface area (Å²) >= 11 is 1.91. The summed E-state index contributed by atoms with van der Waals surface area (Å²) in [7, 11) is 1.48. The lowest BCUT2D eigenvalue weighted by Gasteiger charge is -2.28. The third kappa shape index (κ3) is 3.89. The van der Waals surface area contributed by atoms with Gasteiger partial charge in [-0.25, -0.2) is 0 Å². The molecule has 0 aliphatic heterocycles. The smallest absolute Gasteiger partial charge is 0.326 e. The highest BCUT2D eigenvalue weighted by Crippen LogP contribution is 2.30. The van der Waals surface area contributed by atoms with E-state index in [1.807, 2.05) is 18.7 Å². The maximum absolute atomic E-state index is 11.9. The summed E-state index contributed by atoms with van der Waals surface area (Å²) in [6, 6.07) is 0.529. The minimum atomic E-state index is -0.501. The topological polar surface area (TPSA) is 38.3 Å². The van der Waals surface area contributed by atoms with Gasteiger partial charge in [-0.15, -0.1) is 0 Å². The molecule has 2 aliphatic rings. The van der Waals surface area contributed by atoms with E-state index in [0.717, 1.165) is 11.7 Å². The van der Waals surface area contributed by atoms with E-state index >= 15 is 0 Å². The molecule has 1 unspecified atom stereocenters. The Morgan fingerprint density at radius 3 is 2.56 bits per heavy atom. The Hall–Kier alpha value is -0.220. The van der Waals surface area contributed by atoms with Crippen LogP contribution in [0, 0.1) is 5.92 Å². The van der Waals surface area contributed by atoms with Crippen LogP contribution in [0.2, 0.25) is 0 Å². The van der Waals surface area contributed by atoms with Crippen molar-refractivity contribution in [2.24, 2.45) is 5.92 Å². The fraction of sp³-hybridized carbons (Fsp3) is 0.929. The molecule has 104 valence electrons. The van der Waals surface area contributed by atoms with Crippen LogP contribution in [0.3, 0.4) is 0 Å². The summed E-state index contributed by atoms with van der Waals surface area (Å²) in [5, 5.41) is 3.45. The molecule has 0 aromatic carbocycles. The van der Waals surface area contributed by atoms with Gasteiger partial charge < -0.3 is 4.74 Å². The fourth-order valence-electron chi connectivity index (χ4n) is 2.67. The molecule has 18 heavy (non-hydrogen) atoms. The standard InChI is InChI=1S/C14H25NO2S/c1-14(13(16)17-2,15-12-7-8-12)10-18-9-11-5-3-4-6-11/h11-12,15H,3-10H2,1-2H3. The van der Waals surface area contributed by atoms with Gasteiger partial charge in [0.05, 0.1) is 7.11 Å². The lowest BCUT2D eigenvalue weighted by atomic mass is 10.1. The number of hydrogen-bond acceptors (Lipinski definition) is 4. The summed E-state index contributed by atoms with van der Waals surface area (Å²) in [6.45, 7) is 1.98.